The monoisotopic (exact) mass is 165 g/mol. The van der Waals surface area contributed by atoms with Gasteiger partial charge in [0.1, 0.15) is 0 Å². The first-order valence-electron chi connectivity index (χ1n) is 4.51. The molecule has 0 spiro atoms. The molecule has 12 heavy (non-hydrogen) atoms. The summed E-state index contributed by atoms with van der Waals surface area (Å²) < 4.78 is 0. The quantitative estimate of drug-likeness (QED) is 0.574. The first-order valence-corrected chi connectivity index (χ1v) is 4.51. The van der Waals surface area contributed by atoms with Crippen LogP contribution in [0, 0.1) is 0 Å². The van der Waals surface area contributed by atoms with E-state index in [-0.39, 0.29) is 5.41 Å². The number of pyridine rings is 1. The number of rotatable bonds is 0. The molecule has 1 heteroatoms. The van der Waals surface area contributed by atoms with Gasteiger partial charge in [-0.3, -0.25) is 4.98 Å². The van der Waals surface area contributed by atoms with Crippen LogP contribution in [0.15, 0.2) is 24.5 Å². The van der Waals surface area contributed by atoms with Gasteiger partial charge in [-0.05, 0) is 17.0 Å². The number of nitrogens with zero attached hydrogens (tertiary/aromatic N) is 1. The average Bonchev–Trinajstić information content (AvgIpc) is 2.08. The summed E-state index contributed by atoms with van der Waals surface area (Å²) in [5.41, 5.74) is 1.52. The van der Waals surface area contributed by atoms with Crippen molar-refractivity contribution in [3.8, 4) is 0 Å². The molecule has 0 bridgehead atoms. The lowest BCUT2D eigenvalue weighted by Crippen LogP contribution is -2.10. The second kappa shape index (κ2) is 4.91. The fourth-order valence-corrected chi connectivity index (χ4v) is 0.806. The Morgan fingerprint density at radius 3 is 2.00 bits per heavy atom. The largest absolute Gasteiger partial charge is 0.264 e. The summed E-state index contributed by atoms with van der Waals surface area (Å²) in [6, 6.07) is 4.08. The lowest BCUT2D eigenvalue weighted by Gasteiger charge is -2.17. The fourth-order valence-electron chi connectivity index (χ4n) is 0.806. The van der Waals surface area contributed by atoms with Crippen molar-refractivity contribution in [3.05, 3.63) is 30.1 Å². The number of hydrogen-bond donors (Lipinski definition) is 0. The summed E-state index contributed by atoms with van der Waals surface area (Å²) >= 11 is 0. The zero-order chi connectivity index (χ0) is 9.61. The predicted molar refractivity (Wildman–Crippen MR) is 54.3 cm³/mol. The molecular weight excluding hydrogens is 146 g/mol. The van der Waals surface area contributed by atoms with Crippen molar-refractivity contribution in [2.75, 3.05) is 0 Å². The van der Waals surface area contributed by atoms with Gasteiger partial charge in [0.25, 0.3) is 0 Å². The molecule has 0 amide bonds. The molecule has 1 rings (SSSR count). The van der Waals surface area contributed by atoms with E-state index in [1.165, 1.54) is 5.56 Å². The minimum atomic E-state index is 0.230. The lowest BCUT2D eigenvalue weighted by molar-refractivity contribution is 0.587. The van der Waals surface area contributed by atoms with Gasteiger partial charge in [0.15, 0.2) is 0 Å². The smallest absolute Gasteiger partial charge is 0.0305 e. The van der Waals surface area contributed by atoms with Gasteiger partial charge in [-0.25, -0.2) is 0 Å². The fraction of sp³-hybridized carbons (Fsp3) is 0.545. The molecule has 68 valence electrons. The highest BCUT2D eigenvalue weighted by molar-refractivity contribution is 5.17. The second-order valence-corrected chi connectivity index (χ2v) is 3.49. The van der Waals surface area contributed by atoms with Crippen molar-refractivity contribution in [1.82, 2.24) is 4.98 Å². The third kappa shape index (κ3) is 3.51. The molecule has 0 saturated heterocycles. The van der Waals surface area contributed by atoms with Gasteiger partial charge < -0.3 is 0 Å². The zero-order valence-electron chi connectivity index (χ0n) is 8.76. The highest BCUT2D eigenvalue weighted by Gasteiger charge is 2.11. The summed E-state index contributed by atoms with van der Waals surface area (Å²) in [6.45, 7) is 10.6. The van der Waals surface area contributed by atoms with Crippen LogP contribution in [0.1, 0.15) is 40.2 Å². The van der Waals surface area contributed by atoms with E-state index < -0.39 is 0 Å². The Hall–Kier alpha value is -0.850. The Morgan fingerprint density at radius 2 is 1.75 bits per heavy atom. The van der Waals surface area contributed by atoms with E-state index in [0.717, 1.165) is 0 Å². The van der Waals surface area contributed by atoms with E-state index in [1.807, 2.05) is 26.1 Å². The van der Waals surface area contributed by atoms with Crippen LogP contribution in [0.25, 0.3) is 0 Å². The van der Waals surface area contributed by atoms with Crippen molar-refractivity contribution >= 4 is 0 Å². The van der Waals surface area contributed by atoms with Crippen molar-refractivity contribution in [2.45, 2.75) is 40.0 Å². The van der Waals surface area contributed by atoms with E-state index in [1.54, 1.807) is 6.20 Å². The Bertz CT molecular complexity index is 196. The van der Waals surface area contributed by atoms with Crippen LogP contribution >= 0.6 is 0 Å². The molecule has 0 saturated carbocycles. The molecule has 0 fully saturated rings. The molecule has 0 aromatic carbocycles. The first kappa shape index (κ1) is 11.2. The summed E-state index contributed by atoms with van der Waals surface area (Å²) in [7, 11) is 0. The van der Waals surface area contributed by atoms with Crippen LogP contribution in [0.4, 0.5) is 0 Å². The lowest BCUT2D eigenvalue weighted by atomic mass is 9.88. The highest BCUT2D eigenvalue weighted by Crippen LogP contribution is 2.19. The molecule has 1 aromatic rings. The second-order valence-electron chi connectivity index (χ2n) is 3.49. The topological polar surface area (TPSA) is 12.9 Å². The van der Waals surface area contributed by atoms with E-state index >= 15 is 0 Å². The molecule has 0 radical (unpaired) electrons. The Morgan fingerprint density at radius 1 is 1.17 bits per heavy atom. The normalized spacial score (nSPS) is 10.1. The van der Waals surface area contributed by atoms with Crippen LogP contribution in [0.2, 0.25) is 0 Å². The third-order valence-electron chi connectivity index (χ3n) is 1.53. The maximum Gasteiger partial charge on any atom is 0.0305 e. The van der Waals surface area contributed by atoms with Gasteiger partial charge in [0, 0.05) is 12.4 Å². The van der Waals surface area contributed by atoms with Gasteiger partial charge in [0.05, 0.1) is 0 Å². The molecule has 0 aliphatic heterocycles. The molecule has 0 aliphatic rings. The van der Waals surface area contributed by atoms with E-state index in [0.29, 0.717) is 0 Å². The third-order valence-corrected chi connectivity index (χ3v) is 1.53. The van der Waals surface area contributed by atoms with Crippen LogP contribution in [-0.2, 0) is 5.41 Å². The number of aromatic nitrogens is 1. The van der Waals surface area contributed by atoms with Crippen molar-refractivity contribution in [2.24, 2.45) is 0 Å². The van der Waals surface area contributed by atoms with Crippen LogP contribution in [-0.4, -0.2) is 4.98 Å². The summed E-state index contributed by atoms with van der Waals surface area (Å²) in [5.74, 6) is 0. The Kier molecular flexibility index (Phi) is 4.57. The van der Waals surface area contributed by atoms with E-state index in [9.17, 15) is 0 Å². The van der Waals surface area contributed by atoms with Crippen LogP contribution in [0.5, 0.6) is 0 Å². The molecule has 0 unspecified atom stereocenters. The zero-order valence-corrected chi connectivity index (χ0v) is 8.76. The summed E-state index contributed by atoms with van der Waals surface area (Å²) in [5, 5.41) is 0. The van der Waals surface area contributed by atoms with Gasteiger partial charge in [-0.2, -0.15) is 0 Å². The first-order chi connectivity index (χ1) is 5.61. The average molecular weight is 165 g/mol. The van der Waals surface area contributed by atoms with Gasteiger partial charge in [-0.1, -0.05) is 40.7 Å². The van der Waals surface area contributed by atoms with Crippen LogP contribution < -0.4 is 0 Å². The molecule has 0 aliphatic carbocycles. The highest BCUT2D eigenvalue weighted by atomic mass is 14.6. The van der Waals surface area contributed by atoms with E-state index in [4.69, 9.17) is 0 Å². The minimum absolute atomic E-state index is 0.230. The van der Waals surface area contributed by atoms with Crippen molar-refractivity contribution < 1.29 is 0 Å². The predicted octanol–water partition coefficient (Wildman–Crippen LogP) is 3.41. The van der Waals surface area contributed by atoms with E-state index in [2.05, 4.69) is 31.8 Å². The number of hydrogen-bond acceptors (Lipinski definition) is 1. The van der Waals surface area contributed by atoms with Crippen LogP contribution in [0.3, 0.4) is 0 Å². The Balaban J connectivity index is 0.000000561. The molecule has 0 N–H and O–H groups in total. The van der Waals surface area contributed by atoms with Gasteiger partial charge >= 0.3 is 0 Å². The molecule has 0 atom stereocenters. The summed E-state index contributed by atoms with van der Waals surface area (Å²) in [6.07, 6.45) is 3.72. The van der Waals surface area contributed by atoms with Gasteiger partial charge in [-0.15, -0.1) is 0 Å². The van der Waals surface area contributed by atoms with Crippen molar-refractivity contribution in [1.29, 1.82) is 0 Å². The molecule has 1 aromatic heterocycles. The maximum absolute atomic E-state index is 4.05. The van der Waals surface area contributed by atoms with Crippen molar-refractivity contribution in [3.63, 3.8) is 0 Å². The molecule has 1 heterocycles. The standard InChI is InChI=1S/C9H13N.C2H6/c1-9(2,3)8-5-4-6-10-7-8;1-2/h4-7H,1-3H3;1-2H3. The summed E-state index contributed by atoms with van der Waals surface area (Å²) in [4.78, 5) is 4.05. The minimum Gasteiger partial charge on any atom is -0.264 e. The molecule has 1 nitrogen and oxygen atoms in total. The van der Waals surface area contributed by atoms with Gasteiger partial charge in [0.2, 0.25) is 0 Å². The SMILES string of the molecule is CC.CC(C)(C)c1cccnc1. The Labute approximate surface area is 75.8 Å². The molecular formula is C11H19N. The maximum atomic E-state index is 4.05.